The smallest absolute Gasteiger partial charge is 0.306 e. The molecule has 90 valence electrons. The summed E-state index contributed by atoms with van der Waals surface area (Å²) in [6, 6.07) is 0. The summed E-state index contributed by atoms with van der Waals surface area (Å²) >= 11 is 0. The molecule has 0 saturated heterocycles. The van der Waals surface area contributed by atoms with Crippen molar-refractivity contribution in [2.24, 2.45) is 5.92 Å². The van der Waals surface area contributed by atoms with Crippen LogP contribution in [-0.2, 0) is 4.79 Å². The van der Waals surface area contributed by atoms with Gasteiger partial charge in [0, 0.05) is 0 Å². The molecule has 0 amide bonds. The first-order valence-electron chi connectivity index (χ1n) is 5.63. The van der Waals surface area contributed by atoms with E-state index in [1.165, 1.54) is 0 Å². The predicted molar refractivity (Wildman–Crippen MR) is 57.6 cm³/mol. The Morgan fingerprint density at radius 1 is 1.20 bits per heavy atom. The Morgan fingerprint density at radius 2 is 1.80 bits per heavy atom. The third-order valence-electron chi connectivity index (χ3n) is 2.56. The molecule has 0 fully saturated rings. The van der Waals surface area contributed by atoms with Crippen LogP contribution in [0.4, 0.5) is 0 Å². The second kappa shape index (κ2) is 8.68. The molecule has 3 N–H and O–H groups in total. The zero-order chi connectivity index (χ0) is 11.7. The van der Waals surface area contributed by atoms with E-state index in [0.29, 0.717) is 25.7 Å². The van der Waals surface area contributed by atoms with E-state index in [1.54, 1.807) is 0 Å². The topological polar surface area (TPSA) is 77.8 Å². The molecule has 4 heteroatoms. The summed E-state index contributed by atoms with van der Waals surface area (Å²) < 4.78 is 0. The summed E-state index contributed by atoms with van der Waals surface area (Å²) in [5, 5.41) is 26.6. The van der Waals surface area contributed by atoms with E-state index in [4.69, 9.17) is 15.3 Å². The molecule has 0 bridgehead atoms. The summed E-state index contributed by atoms with van der Waals surface area (Å²) in [6.45, 7) is 1.79. The maximum Gasteiger partial charge on any atom is 0.306 e. The van der Waals surface area contributed by atoms with Crippen LogP contribution in [0.1, 0.15) is 45.4 Å². The molecule has 0 aromatic heterocycles. The predicted octanol–water partition coefficient (Wildman–Crippen LogP) is 1.40. The molecule has 0 aliphatic rings. The van der Waals surface area contributed by atoms with Crippen LogP contribution in [0.5, 0.6) is 0 Å². The summed E-state index contributed by atoms with van der Waals surface area (Å²) in [6.07, 6.45) is 3.66. The number of carboxylic acids is 1. The fourth-order valence-corrected chi connectivity index (χ4v) is 1.53. The van der Waals surface area contributed by atoms with Crippen molar-refractivity contribution in [1.29, 1.82) is 0 Å². The van der Waals surface area contributed by atoms with Crippen LogP contribution in [0.15, 0.2) is 0 Å². The number of aliphatic carboxylic acids is 1. The number of aliphatic hydroxyl groups excluding tert-OH is 2. The molecule has 0 aromatic rings. The Labute approximate surface area is 90.9 Å². The summed E-state index contributed by atoms with van der Waals surface area (Å²) in [4.78, 5) is 10.8. The quantitative estimate of drug-likeness (QED) is 0.546. The van der Waals surface area contributed by atoms with Gasteiger partial charge in [0.05, 0.1) is 18.6 Å². The van der Waals surface area contributed by atoms with Gasteiger partial charge < -0.3 is 15.3 Å². The Morgan fingerprint density at radius 3 is 2.27 bits per heavy atom. The molecule has 0 saturated carbocycles. The molecule has 2 atom stereocenters. The number of rotatable bonds is 9. The lowest BCUT2D eigenvalue weighted by Gasteiger charge is -2.12. The Kier molecular flexibility index (Phi) is 8.33. The average Bonchev–Trinajstić information content (AvgIpc) is 2.22. The molecule has 0 spiro atoms. The van der Waals surface area contributed by atoms with E-state index in [1.807, 2.05) is 6.92 Å². The molecule has 15 heavy (non-hydrogen) atoms. The molecule has 0 radical (unpaired) electrons. The maximum absolute atomic E-state index is 10.8. The normalized spacial score (nSPS) is 14.9. The Bertz CT molecular complexity index is 170. The van der Waals surface area contributed by atoms with Crippen LogP contribution < -0.4 is 0 Å². The minimum Gasteiger partial charge on any atom is -0.481 e. The zero-order valence-electron chi connectivity index (χ0n) is 9.35. The molecule has 4 nitrogen and oxygen atoms in total. The Balaban J connectivity index is 3.71. The van der Waals surface area contributed by atoms with Crippen molar-refractivity contribution in [3.05, 3.63) is 0 Å². The van der Waals surface area contributed by atoms with Crippen LogP contribution >= 0.6 is 0 Å². The highest BCUT2D eigenvalue weighted by Gasteiger charge is 2.16. The number of carbonyl (C=O) groups is 1. The molecular weight excluding hydrogens is 196 g/mol. The highest BCUT2D eigenvalue weighted by atomic mass is 16.4. The summed E-state index contributed by atoms with van der Waals surface area (Å²) in [7, 11) is 0. The second-order valence-electron chi connectivity index (χ2n) is 3.94. The van der Waals surface area contributed by atoms with Crippen molar-refractivity contribution in [3.63, 3.8) is 0 Å². The molecular formula is C11H22O4. The van der Waals surface area contributed by atoms with Gasteiger partial charge in [0.2, 0.25) is 0 Å². The highest BCUT2D eigenvalue weighted by molar-refractivity contribution is 5.69. The van der Waals surface area contributed by atoms with Gasteiger partial charge in [0.1, 0.15) is 0 Å². The van der Waals surface area contributed by atoms with Gasteiger partial charge in [0.15, 0.2) is 0 Å². The SMILES string of the molecule is CCCCC(CCCC(O)CO)C(=O)O. The molecule has 0 heterocycles. The van der Waals surface area contributed by atoms with Crippen molar-refractivity contribution < 1.29 is 20.1 Å². The van der Waals surface area contributed by atoms with E-state index >= 15 is 0 Å². The third kappa shape index (κ3) is 7.33. The fourth-order valence-electron chi connectivity index (χ4n) is 1.53. The van der Waals surface area contributed by atoms with Gasteiger partial charge in [-0.15, -0.1) is 0 Å². The van der Waals surface area contributed by atoms with Crippen LogP contribution in [0, 0.1) is 5.92 Å². The van der Waals surface area contributed by atoms with Gasteiger partial charge in [0.25, 0.3) is 0 Å². The molecule has 0 rings (SSSR count). The number of carboxylic acid groups (broad SMARTS) is 1. The number of hydrogen-bond acceptors (Lipinski definition) is 3. The van der Waals surface area contributed by atoms with Crippen molar-refractivity contribution in [2.45, 2.75) is 51.6 Å². The van der Waals surface area contributed by atoms with E-state index in [0.717, 1.165) is 12.8 Å². The fraction of sp³-hybridized carbons (Fsp3) is 0.909. The Hall–Kier alpha value is -0.610. The van der Waals surface area contributed by atoms with Crippen molar-refractivity contribution >= 4 is 5.97 Å². The average molecular weight is 218 g/mol. The monoisotopic (exact) mass is 218 g/mol. The van der Waals surface area contributed by atoms with Gasteiger partial charge in [-0.25, -0.2) is 0 Å². The van der Waals surface area contributed by atoms with Crippen molar-refractivity contribution in [1.82, 2.24) is 0 Å². The lowest BCUT2D eigenvalue weighted by atomic mass is 9.95. The molecule has 2 unspecified atom stereocenters. The number of unbranched alkanes of at least 4 members (excludes halogenated alkanes) is 1. The summed E-state index contributed by atoms with van der Waals surface area (Å²) in [5.41, 5.74) is 0. The van der Waals surface area contributed by atoms with Gasteiger partial charge in [-0.2, -0.15) is 0 Å². The molecule has 0 aliphatic carbocycles. The first-order valence-corrected chi connectivity index (χ1v) is 5.63. The van der Waals surface area contributed by atoms with E-state index in [-0.39, 0.29) is 12.5 Å². The molecule has 0 aromatic carbocycles. The minimum atomic E-state index is -0.748. The summed E-state index contributed by atoms with van der Waals surface area (Å²) in [5.74, 6) is -1.04. The van der Waals surface area contributed by atoms with Crippen LogP contribution in [0.2, 0.25) is 0 Å². The highest BCUT2D eigenvalue weighted by Crippen LogP contribution is 2.17. The van der Waals surface area contributed by atoms with Gasteiger partial charge >= 0.3 is 5.97 Å². The maximum atomic E-state index is 10.8. The van der Waals surface area contributed by atoms with Gasteiger partial charge in [-0.1, -0.05) is 19.8 Å². The lowest BCUT2D eigenvalue weighted by Crippen LogP contribution is -2.16. The number of hydrogen-bond donors (Lipinski definition) is 3. The molecule has 0 aliphatic heterocycles. The van der Waals surface area contributed by atoms with Crippen LogP contribution in [0.25, 0.3) is 0 Å². The minimum absolute atomic E-state index is 0.243. The number of aliphatic hydroxyl groups is 2. The zero-order valence-corrected chi connectivity index (χ0v) is 9.35. The van der Waals surface area contributed by atoms with E-state index in [9.17, 15) is 4.79 Å². The first-order chi connectivity index (χ1) is 7.11. The second-order valence-corrected chi connectivity index (χ2v) is 3.94. The lowest BCUT2D eigenvalue weighted by molar-refractivity contribution is -0.142. The largest absolute Gasteiger partial charge is 0.481 e. The third-order valence-corrected chi connectivity index (χ3v) is 2.56. The van der Waals surface area contributed by atoms with Gasteiger partial charge in [-0.3, -0.25) is 4.79 Å². The van der Waals surface area contributed by atoms with Crippen molar-refractivity contribution in [2.75, 3.05) is 6.61 Å². The van der Waals surface area contributed by atoms with Crippen molar-refractivity contribution in [3.8, 4) is 0 Å². The van der Waals surface area contributed by atoms with Crippen LogP contribution in [0.3, 0.4) is 0 Å². The van der Waals surface area contributed by atoms with Crippen LogP contribution in [-0.4, -0.2) is 34.0 Å². The standard InChI is InChI=1S/C11H22O4/c1-2-3-5-9(11(14)15)6-4-7-10(13)8-12/h9-10,12-13H,2-8H2,1H3,(H,14,15). The van der Waals surface area contributed by atoms with E-state index < -0.39 is 12.1 Å². The first kappa shape index (κ1) is 14.4. The van der Waals surface area contributed by atoms with E-state index in [2.05, 4.69) is 0 Å². The van der Waals surface area contributed by atoms with Gasteiger partial charge in [-0.05, 0) is 25.7 Å².